The summed E-state index contributed by atoms with van der Waals surface area (Å²) in [5.74, 6) is 1.15. The van der Waals surface area contributed by atoms with E-state index in [0.717, 1.165) is 12.2 Å². The molecule has 1 unspecified atom stereocenters. The quantitative estimate of drug-likeness (QED) is 0.810. The molecule has 1 rings (SSSR count). The van der Waals surface area contributed by atoms with Crippen molar-refractivity contribution >= 4 is 23.1 Å². The van der Waals surface area contributed by atoms with Crippen molar-refractivity contribution in [1.82, 2.24) is 0 Å². The Morgan fingerprint density at radius 1 is 1.58 bits per heavy atom. The van der Waals surface area contributed by atoms with Gasteiger partial charge in [-0.3, -0.25) is 0 Å². The lowest BCUT2D eigenvalue weighted by Gasteiger charge is -2.07. The zero-order valence-corrected chi connectivity index (χ0v) is 9.17. The maximum atomic E-state index is 5.99. The highest BCUT2D eigenvalue weighted by Crippen LogP contribution is 2.23. The molecule has 0 amide bonds. The third kappa shape index (κ3) is 2.81. The van der Waals surface area contributed by atoms with Gasteiger partial charge in [-0.25, -0.2) is 0 Å². The van der Waals surface area contributed by atoms with Crippen molar-refractivity contribution in [3.05, 3.63) is 21.9 Å². The van der Waals surface area contributed by atoms with E-state index in [1.807, 2.05) is 23.1 Å². The lowest BCUT2D eigenvalue weighted by atomic mass is 10.2. The van der Waals surface area contributed by atoms with E-state index in [9.17, 15) is 0 Å². The fraction of sp³-hybridized carbons (Fsp3) is 0.556. The molecule has 0 aromatic carbocycles. The molecule has 12 heavy (non-hydrogen) atoms. The van der Waals surface area contributed by atoms with Crippen LogP contribution in [0.5, 0.6) is 0 Å². The molecule has 1 atom stereocenters. The minimum absolute atomic E-state index is 0.246. The van der Waals surface area contributed by atoms with E-state index in [0.29, 0.717) is 0 Å². The third-order valence-corrected chi connectivity index (χ3v) is 3.54. The Balaban J connectivity index is 2.47. The highest BCUT2D eigenvalue weighted by atomic mass is 32.2. The molecular formula is C9H15NS2. The fourth-order valence-electron chi connectivity index (χ4n) is 1.04. The first kappa shape index (κ1) is 10.1. The molecule has 0 saturated carbocycles. The molecule has 0 fully saturated rings. The molecule has 0 aliphatic heterocycles. The Bertz CT molecular complexity index is 232. The standard InChI is InChI=1S/C9H15NS2/c1-7-3-4-9(12-7)8(10)5-6-11-2/h3-4,8H,5-6,10H2,1-2H3. The minimum Gasteiger partial charge on any atom is -0.323 e. The van der Waals surface area contributed by atoms with Crippen LogP contribution in [-0.2, 0) is 0 Å². The molecule has 1 aromatic heterocycles. The summed E-state index contributed by atoms with van der Waals surface area (Å²) in [4.78, 5) is 2.67. The number of nitrogens with two attached hydrogens (primary N) is 1. The summed E-state index contributed by atoms with van der Waals surface area (Å²) in [7, 11) is 0. The predicted molar refractivity (Wildman–Crippen MR) is 59.0 cm³/mol. The normalized spacial score (nSPS) is 13.2. The smallest absolute Gasteiger partial charge is 0.0397 e. The highest BCUT2D eigenvalue weighted by Gasteiger charge is 2.06. The van der Waals surface area contributed by atoms with Gasteiger partial charge in [-0.1, -0.05) is 0 Å². The van der Waals surface area contributed by atoms with E-state index in [-0.39, 0.29) is 6.04 Å². The van der Waals surface area contributed by atoms with Crippen LogP contribution in [0.1, 0.15) is 22.2 Å². The SMILES string of the molecule is CSCCC(N)c1ccc(C)s1. The number of rotatable bonds is 4. The van der Waals surface area contributed by atoms with Gasteiger partial charge in [-0.05, 0) is 37.5 Å². The van der Waals surface area contributed by atoms with Gasteiger partial charge >= 0.3 is 0 Å². The van der Waals surface area contributed by atoms with Crippen LogP contribution >= 0.6 is 23.1 Å². The van der Waals surface area contributed by atoms with Crippen molar-refractivity contribution in [1.29, 1.82) is 0 Å². The first-order valence-corrected chi connectivity index (χ1v) is 6.26. The van der Waals surface area contributed by atoms with E-state index in [1.165, 1.54) is 9.75 Å². The van der Waals surface area contributed by atoms with Gasteiger partial charge in [0.15, 0.2) is 0 Å². The molecule has 0 bridgehead atoms. The van der Waals surface area contributed by atoms with E-state index < -0.39 is 0 Å². The van der Waals surface area contributed by atoms with Gasteiger partial charge < -0.3 is 5.73 Å². The second kappa shape index (κ2) is 4.90. The van der Waals surface area contributed by atoms with Gasteiger partial charge in [0.25, 0.3) is 0 Å². The first-order valence-electron chi connectivity index (χ1n) is 4.05. The Labute approximate surface area is 82.4 Å². The van der Waals surface area contributed by atoms with Crippen LogP contribution in [0, 0.1) is 6.92 Å². The van der Waals surface area contributed by atoms with Gasteiger partial charge in [-0.15, -0.1) is 11.3 Å². The largest absolute Gasteiger partial charge is 0.323 e. The molecular weight excluding hydrogens is 186 g/mol. The van der Waals surface area contributed by atoms with Gasteiger partial charge in [0.05, 0.1) is 0 Å². The second-order valence-electron chi connectivity index (χ2n) is 2.84. The van der Waals surface area contributed by atoms with Crippen molar-refractivity contribution in [3.63, 3.8) is 0 Å². The van der Waals surface area contributed by atoms with Crippen LogP contribution in [0.25, 0.3) is 0 Å². The predicted octanol–water partition coefficient (Wildman–Crippen LogP) is 2.81. The van der Waals surface area contributed by atoms with E-state index in [2.05, 4.69) is 25.3 Å². The zero-order valence-electron chi connectivity index (χ0n) is 7.54. The van der Waals surface area contributed by atoms with Crippen molar-refractivity contribution in [2.45, 2.75) is 19.4 Å². The fourth-order valence-corrected chi connectivity index (χ4v) is 2.44. The molecule has 0 aliphatic rings. The van der Waals surface area contributed by atoms with Crippen molar-refractivity contribution in [2.24, 2.45) is 5.73 Å². The summed E-state index contributed by atoms with van der Waals surface area (Å²) < 4.78 is 0. The zero-order chi connectivity index (χ0) is 8.97. The summed E-state index contributed by atoms with van der Waals surface area (Å²) in [6.07, 6.45) is 3.20. The lowest BCUT2D eigenvalue weighted by Crippen LogP contribution is -2.09. The number of hydrogen-bond donors (Lipinski definition) is 1. The number of thioether (sulfide) groups is 1. The maximum absolute atomic E-state index is 5.99. The van der Waals surface area contributed by atoms with Gasteiger partial charge in [0, 0.05) is 15.8 Å². The lowest BCUT2D eigenvalue weighted by molar-refractivity contribution is 0.719. The summed E-state index contributed by atoms with van der Waals surface area (Å²) in [5, 5.41) is 0. The molecule has 2 N–H and O–H groups in total. The van der Waals surface area contributed by atoms with E-state index in [4.69, 9.17) is 5.73 Å². The van der Waals surface area contributed by atoms with Crippen LogP contribution in [0.2, 0.25) is 0 Å². The molecule has 1 nitrogen and oxygen atoms in total. The summed E-state index contributed by atoms with van der Waals surface area (Å²) in [5.41, 5.74) is 5.99. The van der Waals surface area contributed by atoms with Gasteiger partial charge in [0.1, 0.15) is 0 Å². The minimum atomic E-state index is 0.246. The molecule has 0 spiro atoms. The summed E-state index contributed by atoms with van der Waals surface area (Å²) >= 11 is 3.67. The number of thiophene rings is 1. The molecule has 0 saturated heterocycles. The van der Waals surface area contributed by atoms with Gasteiger partial charge in [-0.2, -0.15) is 11.8 Å². The van der Waals surface area contributed by atoms with E-state index in [1.54, 1.807) is 0 Å². The summed E-state index contributed by atoms with van der Waals surface area (Å²) in [6, 6.07) is 4.53. The molecule has 3 heteroatoms. The maximum Gasteiger partial charge on any atom is 0.0397 e. The van der Waals surface area contributed by atoms with Crippen LogP contribution in [-0.4, -0.2) is 12.0 Å². The molecule has 68 valence electrons. The number of hydrogen-bond acceptors (Lipinski definition) is 3. The van der Waals surface area contributed by atoms with Crippen LogP contribution in [0.4, 0.5) is 0 Å². The third-order valence-electron chi connectivity index (χ3n) is 1.76. The van der Waals surface area contributed by atoms with Crippen molar-refractivity contribution in [3.8, 4) is 0 Å². The Hall–Kier alpha value is 0.01000. The Morgan fingerprint density at radius 2 is 2.33 bits per heavy atom. The van der Waals surface area contributed by atoms with Crippen molar-refractivity contribution < 1.29 is 0 Å². The second-order valence-corrected chi connectivity index (χ2v) is 5.14. The Morgan fingerprint density at radius 3 is 2.83 bits per heavy atom. The average Bonchev–Trinajstić information content (AvgIpc) is 2.47. The summed E-state index contributed by atoms with van der Waals surface area (Å²) in [6.45, 7) is 2.12. The van der Waals surface area contributed by atoms with Crippen LogP contribution in [0.3, 0.4) is 0 Å². The number of aryl methyl sites for hydroxylation is 1. The van der Waals surface area contributed by atoms with Crippen molar-refractivity contribution in [2.75, 3.05) is 12.0 Å². The average molecular weight is 201 g/mol. The first-order chi connectivity index (χ1) is 5.74. The molecule has 0 aliphatic carbocycles. The molecule has 1 heterocycles. The Kier molecular flexibility index (Phi) is 4.12. The topological polar surface area (TPSA) is 26.0 Å². The highest BCUT2D eigenvalue weighted by molar-refractivity contribution is 7.98. The monoisotopic (exact) mass is 201 g/mol. The molecule has 1 aromatic rings. The van der Waals surface area contributed by atoms with Crippen LogP contribution < -0.4 is 5.73 Å². The van der Waals surface area contributed by atoms with Gasteiger partial charge in [0.2, 0.25) is 0 Å². The van der Waals surface area contributed by atoms with Crippen LogP contribution in [0.15, 0.2) is 12.1 Å². The molecule has 0 radical (unpaired) electrons. The van der Waals surface area contributed by atoms with E-state index >= 15 is 0 Å².